The number of methoxy groups -OCH3 is 1. The van der Waals surface area contributed by atoms with Crippen molar-refractivity contribution in [1.82, 2.24) is 19.7 Å². The highest BCUT2D eigenvalue weighted by Crippen LogP contribution is 2.18. The van der Waals surface area contributed by atoms with Gasteiger partial charge in [-0.25, -0.2) is 17.9 Å². The number of nitrogens with one attached hydrogen (secondary N) is 2. The van der Waals surface area contributed by atoms with Crippen molar-refractivity contribution in [2.75, 3.05) is 38.6 Å². The Morgan fingerprint density at radius 2 is 1.38 bits per heavy atom. The van der Waals surface area contributed by atoms with Gasteiger partial charge < -0.3 is 9.22 Å². The van der Waals surface area contributed by atoms with Gasteiger partial charge in [-0.3, -0.25) is 5.32 Å². The number of ether oxygens (including phenoxy) is 1. The van der Waals surface area contributed by atoms with Gasteiger partial charge in [0, 0.05) is 3.57 Å². The predicted molar refractivity (Wildman–Crippen MR) is 169 cm³/mol. The molecule has 1 heterocycles. The number of halogens is 1. The largest absolute Gasteiger partial charge is 0.467 e. The van der Waals surface area contributed by atoms with Crippen molar-refractivity contribution in [3.05, 3.63) is 33.7 Å². The molecule has 0 saturated heterocycles. The highest BCUT2D eigenvalue weighted by atomic mass is 127. The van der Waals surface area contributed by atoms with E-state index in [1.165, 1.54) is 95.2 Å². The summed E-state index contributed by atoms with van der Waals surface area (Å²) in [6.07, 6.45) is 11.1. The molecule has 2 amide bonds. The monoisotopic (exact) mass is 691 g/mol. The third-order valence-corrected chi connectivity index (χ3v) is 9.13. The molecule has 12 heteroatoms. The topological polar surface area (TPSA) is 123 Å². The minimum Gasteiger partial charge on any atom is -0.467 e. The van der Waals surface area contributed by atoms with Crippen LogP contribution in [0.1, 0.15) is 84.9 Å². The molecular weight excluding hydrogens is 643 g/mol. The van der Waals surface area contributed by atoms with E-state index in [0.29, 0.717) is 9.39 Å². The number of urea groups is 1. The summed E-state index contributed by atoms with van der Waals surface area (Å²) in [7, 11) is -2.65. The number of quaternary nitrogens is 1. The number of aromatic nitrogens is 3. The lowest BCUT2D eigenvalue weighted by Crippen LogP contribution is -2.50. The maximum atomic E-state index is 12.2. The molecule has 1 aromatic carbocycles. The van der Waals surface area contributed by atoms with E-state index in [-0.39, 0.29) is 16.9 Å². The van der Waals surface area contributed by atoms with Crippen LogP contribution in [0, 0.1) is 10.5 Å². The maximum absolute atomic E-state index is 12.2. The number of anilines is 1. The lowest BCUT2D eigenvalue weighted by Gasteiger charge is -2.39. The van der Waals surface area contributed by atoms with Crippen LogP contribution in [0.5, 0.6) is 6.01 Å². The highest BCUT2D eigenvalue weighted by Gasteiger charge is 2.25. The van der Waals surface area contributed by atoms with Crippen LogP contribution < -0.4 is 14.8 Å². The van der Waals surface area contributed by atoms with Gasteiger partial charge in [0.15, 0.2) is 0 Å². The molecule has 0 radical (unpaired) electrons. The minimum absolute atomic E-state index is 0.000146. The fraction of sp³-hybridized carbons (Fsp3) is 0.643. The Labute approximate surface area is 254 Å². The number of amides is 2. The van der Waals surface area contributed by atoms with E-state index in [2.05, 4.69) is 48.0 Å². The normalized spacial score (nSPS) is 11.4. The molecule has 0 fully saturated rings. The molecule has 0 unspecified atom stereocenters. The predicted octanol–water partition coefficient (Wildman–Crippen LogP) is 6.31. The van der Waals surface area contributed by atoms with Crippen LogP contribution in [0.15, 0.2) is 29.2 Å². The number of rotatable bonds is 16. The Morgan fingerprint density at radius 3 is 1.82 bits per heavy atom. The van der Waals surface area contributed by atoms with Crippen molar-refractivity contribution in [1.29, 1.82) is 0 Å². The average molecular weight is 692 g/mol. The Morgan fingerprint density at radius 1 is 0.875 bits per heavy atom. The second-order valence-corrected chi connectivity index (χ2v) is 12.6. The molecule has 1 aromatic heterocycles. The van der Waals surface area contributed by atoms with Gasteiger partial charge in [-0.05, 0) is 67.3 Å². The molecular formula is C28H48IN6O4S+. The smallest absolute Gasteiger partial charge is 0.335 e. The summed E-state index contributed by atoms with van der Waals surface area (Å²) in [5.41, 5.74) is 0. The Balaban J connectivity index is 0.000000421. The molecule has 2 aromatic rings. The second-order valence-electron chi connectivity index (χ2n) is 9.83. The van der Waals surface area contributed by atoms with Crippen LogP contribution in [-0.2, 0) is 10.0 Å². The number of carbonyl (C=O) groups is 1. The minimum atomic E-state index is -4.01. The van der Waals surface area contributed by atoms with Crippen molar-refractivity contribution in [2.24, 2.45) is 0 Å². The summed E-state index contributed by atoms with van der Waals surface area (Å²) >= 11 is 1.87. The quantitative estimate of drug-likeness (QED) is 0.156. The van der Waals surface area contributed by atoms with E-state index < -0.39 is 16.1 Å². The lowest BCUT2D eigenvalue weighted by atomic mass is 10.1. The van der Waals surface area contributed by atoms with Gasteiger partial charge in [-0.15, -0.1) is 0 Å². The van der Waals surface area contributed by atoms with E-state index in [1.807, 2.05) is 27.3 Å². The van der Waals surface area contributed by atoms with Crippen LogP contribution in [0.25, 0.3) is 0 Å². The zero-order chi connectivity index (χ0) is 30.0. The van der Waals surface area contributed by atoms with E-state index in [1.54, 1.807) is 25.1 Å². The summed E-state index contributed by atoms with van der Waals surface area (Å²) < 4.78 is 33.0. The zero-order valence-corrected chi connectivity index (χ0v) is 28.0. The third-order valence-electron chi connectivity index (χ3n) is 6.43. The van der Waals surface area contributed by atoms with Gasteiger partial charge >= 0.3 is 12.0 Å². The molecule has 0 bridgehead atoms. The number of carbonyl (C=O) groups excluding carboxylic acids is 1. The van der Waals surface area contributed by atoms with Crippen LogP contribution in [0.2, 0.25) is 0 Å². The number of nitrogens with zero attached hydrogens (tertiary/aromatic N) is 4. The van der Waals surface area contributed by atoms with Gasteiger partial charge in [0.25, 0.3) is 10.0 Å². The van der Waals surface area contributed by atoms with Crippen molar-refractivity contribution in [3.8, 4) is 6.01 Å². The SMILES string of the molecule is CCCC[N+](CCCC)(CCCC)CCCC.COc1nc(C)nc(NC(=O)NS(=O)(=O)c2ccccc2I)n1. The first-order valence-electron chi connectivity index (χ1n) is 14.3. The molecule has 10 nitrogen and oxygen atoms in total. The summed E-state index contributed by atoms with van der Waals surface area (Å²) in [5.74, 6) is 0.192. The van der Waals surface area contributed by atoms with Gasteiger partial charge in [0.1, 0.15) is 10.7 Å². The Hall–Kier alpha value is -2.06. The molecule has 0 atom stereocenters. The van der Waals surface area contributed by atoms with Crippen molar-refractivity contribution in [3.63, 3.8) is 0 Å². The zero-order valence-electron chi connectivity index (χ0n) is 25.0. The molecule has 2 rings (SSSR count). The van der Waals surface area contributed by atoms with Gasteiger partial charge in [0.2, 0.25) is 5.95 Å². The number of hydrogen-bond acceptors (Lipinski definition) is 7. The van der Waals surface area contributed by atoms with Gasteiger partial charge in [0.05, 0.1) is 33.3 Å². The highest BCUT2D eigenvalue weighted by molar-refractivity contribution is 14.1. The fourth-order valence-electron chi connectivity index (χ4n) is 4.22. The van der Waals surface area contributed by atoms with Crippen LogP contribution in [-0.4, -0.2) is 67.2 Å². The summed E-state index contributed by atoms with van der Waals surface area (Å²) in [6.45, 7) is 16.6. The van der Waals surface area contributed by atoms with Gasteiger partial charge in [-0.2, -0.15) is 15.0 Å². The summed E-state index contributed by atoms with van der Waals surface area (Å²) in [6, 6.07) is 5.29. The van der Waals surface area contributed by atoms with Crippen LogP contribution in [0.3, 0.4) is 0 Å². The first-order chi connectivity index (χ1) is 19.1. The Bertz CT molecular complexity index is 1100. The lowest BCUT2D eigenvalue weighted by molar-refractivity contribution is -0.929. The first-order valence-corrected chi connectivity index (χ1v) is 16.8. The van der Waals surface area contributed by atoms with Crippen molar-refractivity contribution >= 4 is 44.6 Å². The average Bonchev–Trinajstić information content (AvgIpc) is 2.92. The molecule has 0 aliphatic rings. The van der Waals surface area contributed by atoms with Crippen LogP contribution >= 0.6 is 22.6 Å². The number of unbranched alkanes of at least 4 members (excludes halogenated alkanes) is 4. The van der Waals surface area contributed by atoms with E-state index in [0.717, 1.165) is 0 Å². The van der Waals surface area contributed by atoms with E-state index in [9.17, 15) is 13.2 Å². The third kappa shape index (κ3) is 13.1. The molecule has 0 saturated carbocycles. The summed E-state index contributed by atoms with van der Waals surface area (Å²) in [4.78, 5) is 23.4. The molecule has 0 spiro atoms. The van der Waals surface area contributed by atoms with E-state index in [4.69, 9.17) is 4.74 Å². The molecule has 0 aliphatic heterocycles. The number of sulfonamides is 1. The first kappa shape index (κ1) is 36.0. The number of hydrogen-bond donors (Lipinski definition) is 2. The standard InChI is InChI=1S/C16H36N.C12H12IN5O4S/c1-5-9-13-17(14-10-6-2,15-11-7-3)16-12-8-4;1-7-14-10(17-12(15-7)22-2)16-11(19)18-23(20,21)9-6-4-3-5-8(9)13/h5-16H2,1-4H3;3-6H,1-2H3,(H2,14,15,16,17,18,19)/q+1;. The van der Waals surface area contributed by atoms with E-state index >= 15 is 0 Å². The number of aryl methyl sites for hydroxylation is 1. The van der Waals surface area contributed by atoms with Crippen molar-refractivity contribution < 1.29 is 22.4 Å². The Kier molecular flexibility index (Phi) is 17.2. The van der Waals surface area contributed by atoms with Crippen LogP contribution in [0.4, 0.5) is 10.7 Å². The van der Waals surface area contributed by atoms with Crippen molar-refractivity contribution in [2.45, 2.75) is 90.9 Å². The molecule has 226 valence electrons. The maximum Gasteiger partial charge on any atom is 0.335 e. The molecule has 2 N–H and O–H groups in total. The van der Waals surface area contributed by atoms with Gasteiger partial charge in [-0.1, -0.05) is 65.5 Å². The second kappa shape index (κ2) is 19.1. The fourth-order valence-corrected chi connectivity index (χ4v) is 6.46. The molecule has 40 heavy (non-hydrogen) atoms. The summed E-state index contributed by atoms with van der Waals surface area (Å²) in [5, 5.41) is 2.23. The number of benzene rings is 1. The molecule has 0 aliphatic carbocycles.